The molecule has 1 aromatic rings. The van der Waals surface area contributed by atoms with Crippen LogP contribution in [0.1, 0.15) is 5.82 Å². The van der Waals surface area contributed by atoms with Gasteiger partial charge in [-0.3, -0.25) is 0 Å². The molecule has 2 heterocycles. The highest BCUT2D eigenvalue weighted by atomic mass is 19.4. The first-order chi connectivity index (χ1) is 9.34. The molecular formula is C11H16F3N5O. The predicted octanol–water partition coefficient (Wildman–Crippen LogP) is 0.820. The van der Waals surface area contributed by atoms with Crippen LogP contribution < -0.4 is 11.1 Å². The summed E-state index contributed by atoms with van der Waals surface area (Å²) in [4.78, 5) is 8.67. The minimum absolute atomic E-state index is 0.0432. The number of nitrogen functional groups attached to an aromatic ring is 1. The van der Waals surface area contributed by atoms with Gasteiger partial charge in [0.15, 0.2) is 0 Å². The second-order valence-corrected chi connectivity index (χ2v) is 4.64. The summed E-state index contributed by atoms with van der Waals surface area (Å²) in [6.07, 6.45) is -4.72. The Labute approximate surface area is 114 Å². The number of aromatic nitrogens is 2. The van der Waals surface area contributed by atoms with Crippen LogP contribution in [0, 0.1) is 0 Å². The molecule has 0 aromatic carbocycles. The van der Waals surface area contributed by atoms with Crippen molar-refractivity contribution in [2.45, 2.75) is 12.3 Å². The van der Waals surface area contributed by atoms with Gasteiger partial charge in [-0.05, 0) is 7.05 Å². The summed E-state index contributed by atoms with van der Waals surface area (Å²) >= 11 is 0. The fourth-order valence-corrected chi connectivity index (χ4v) is 1.89. The summed E-state index contributed by atoms with van der Waals surface area (Å²) in [5.74, 6) is -1.43. The van der Waals surface area contributed by atoms with E-state index in [0.29, 0.717) is 19.7 Å². The Kier molecular flexibility index (Phi) is 4.29. The highest BCUT2D eigenvalue weighted by molar-refractivity contribution is 5.45. The van der Waals surface area contributed by atoms with Crippen LogP contribution in [0.15, 0.2) is 6.07 Å². The Hall–Kier alpha value is -1.61. The van der Waals surface area contributed by atoms with Gasteiger partial charge in [-0.1, -0.05) is 0 Å². The molecule has 1 aromatic heterocycles. The van der Waals surface area contributed by atoms with E-state index in [4.69, 9.17) is 10.5 Å². The molecule has 1 unspecified atom stereocenters. The standard InChI is InChI=1S/C11H16F3N5O/c1-19-2-3-20-7(6-19)5-16-9-4-8(15)17-10(18-9)11(12,13)14/h4,7H,2-3,5-6H2,1H3,(H3,15,16,17,18). The first-order valence-corrected chi connectivity index (χ1v) is 6.10. The minimum atomic E-state index is -4.62. The zero-order valence-corrected chi connectivity index (χ0v) is 10.9. The smallest absolute Gasteiger partial charge is 0.384 e. The van der Waals surface area contributed by atoms with Crippen LogP contribution >= 0.6 is 0 Å². The molecule has 1 fully saturated rings. The maximum atomic E-state index is 12.6. The van der Waals surface area contributed by atoms with Crippen molar-refractivity contribution >= 4 is 11.6 Å². The average molecular weight is 291 g/mol. The lowest BCUT2D eigenvalue weighted by Crippen LogP contribution is -2.43. The molecule has 0 bridgehead atoms. The molecule has 3 N–H and O–H groups in total. The lowest BCUT2D eigenvalue weighted by molar-refractivity contribution is -0.144. The summed E-state index contributed by atoms with van der Waals surface area (Å²) in [5, 5.41) is 2.81. The van der Waals surface area contributed by atoms with Crippen molar-refractivity contribution in [1.29, 1.82) is 0 Å². The van der Waals surface area contributed by atoms with Gasteiger partial charge in [-0.2, -0.15) is 13.2 Å². The molecule has 6 nitrogen and oxygen atoms in total. The number of alkyl halides is 3. The van der Waals surface area contributed by atoms with Gasteiger partial charge in [0.05, 0.1) is 12.7 Å². The number of hydrogen-bond acceptors (Lipinski definition) is 6. The fraction of sp³-hybridized carbons (Fsp3) is 0.636. The Morgan fingerprint density at radius 1 is 1.50 bits per heavy atom. The number of nitrogens with zero attached hydrogens (tertiary/aromatic N) is 3. The first-order valence-electron chi connectivity index (χ1n) is 6.10. The molecule has 1 aliphatic rings. The van der Waals surface area contributed by atoms with E-state index in [9.17, 15) is 13.2 Å². The first kappa shape index (κ1) is 14.8. The number of halogens is 3. The number of anilines is 2. The lowest BCUT2D eigenvalue weighted by atomic mass is 10.3. The number of likely N-dealkylation sites (N-methyl/N-ethyl adjacent to an activating group) is 1. The fourth-order valence-electron chi connectivity index (χ4n) is 1.89. The highest BCUT2D eigenvalue weighted by Crippen LogP contribution is 2.27. The van der Waals surface area contributed by atoms with Gasteiger partial charge in [0, 0.05) is 25.7 Å². The van der Waals surface area contributed by atoms with E-state index >= 15 is 0 Å². The maximum Gasteiger partial charge on any atom is 0.451 e. The molecular weight excluding hydrogens is 275 g/mol. The molecule has 0 radical (unpaired) electrons. The van der Waals surface area contributed by atoms with Crippen LogP contribution in [0.25, 0.3) is 0 Å². The van der Waals surface area contributed by atoms with Gasteiger partial charge in [0.2, 0.25) is 5.82 Å². The maximum absolute atomic E-state index is 12.6. The summed E-state index contributed by atoms with van der Waals surface area (Å²) in [6.45, 7) is 2.51. The van der Waals surface area contributed by atoms with Crippen LogP contribution in [0.2, 0.25) is 0 Å². The molecule has 9 heteroatoms. The third-order valence-electron chi connectivity index (χ3n) is 2.85. The van der Waals surface area contributed by atoms with Crippen molar-refractivity contribution in [2.75, 3.05) is 44.3 Å². The zero-order chi connectivity index (χ0) is 14.8. The summed E-state index contributed by atoms with van der Waals surface area (Å²) in [7, 11) is 1.96. The predicted molar refractivity (Wildman–Crippen MR) is 67.2 cm³/mol. The van der Waals surface area contributed by atoms with E-state index in [2.05, 4.69) is 20.2 Å². The van der Waals surface area contributed by atoms with Gasteiger partial charge >= 0.3 is 6.18 Å². The van der Waals surface area contributed by atoms with Crippen molar-refractivity contribution in [2.24, 2.45) is 0 Å². The van der Waals surface area contributed by atoms with Crippen molar-refractivity contribution in [1.82, 2.24) is 14.9 Å². The van der Waals surface area contributed by atoms with Gasteiger partial charge in [0.25, 0.3) is 0 Å². The second-order valence-electron chi connectivity index (χ2n) is 4.64. The van der Waals surface area contributed by atoms with Gasteiger partial charge in [-0.25, -0.2) is 9.97 Å². The summed E-state index contributed by atoms with van der Waals surface area (Å²) in [5.41, 5.74) is 5.36. The molecule has 0 saturated carbocycles. The zero-order valence-electron chi connectivity index (χ0n) is 10.9. The normalized spacial score (nSPS) is 20.9. The molecule has 112 valence electrons. The number of rotatable bonds is 3. The molecule has 0 aliphatic carbocycles. The average Bonchev–Trinajstić information content (AvgIpc) is 2.35. The molecule has 1 aliphatic heterocycles. The minimum Gasteiger partial charge on any atom is -0.384 e. The third kappa shape index (κ3) is 3.94. The SMILES string of the molecule is CN1CCOC(CNc2cc(N)nc(C(F)(F)F)n2)C1. The van der Waals surface area contributed by atoms with Crippen LogP contribution in [0.5, 0.6) is 0 Å². The highest BCUT2D eigenvalue weighted by Gasteiger charge is 2.35. The van der Waals surface area contributed by atoms with E-state index in [1.807, 2.05) is 7.05 Å². The van der Waals surface area contributed by atoms with E-state index in [0.717, 1.165) is 6.54 Å². The van der Waals surface area contributed by atoms with Crippen molar-refractivity contribution in [3.63, 3.8) is 0 Å². The second kappa shape index (κ2) is 5.80. The van der Waals surface area contributed by atoms with Gasteiger partial charge in [-0.15, -0.1) is 0 Å². The van der Waals surface area contributed by atoms with Crippen molar-refractivity contribution in [3.8, 4) is 0 Å². The number of nitrogens with two attached hydrogens (primary N) is 1. The summed E-state index contributed by atoms with van der Waals surface area (Å²) < 4.78 is 43.2. The number of ether oxygens (including phenoxy) is 1. The largest absolute Gasteiger partial charge is 0.451 e. The summed E-state index contributed by atoms with van der Waals surface area (Å²) in [6, 6.07) is 1.27. The molecule has 1 atom stereocenters. The van der Waals surface area contributed by atoms with Gasteiger partial charge < -0.3 is 20.7 Å². The number of morpholine rings is 1. The van der Waals surface area contributed by atoms with Crippen molar-refractivity contribution in [3.05, 3.63) is 11.9 Å². The Morgan fingerprint density at radius 2 is 2.25 bits per heavy atom. The van der Waals surface area contributed by atoms with E-state index in [1.165, 1.54) is 6.07 Å². The molecule has 1 saturated heterocycles. The Bertz CT molecular complexity index is 468. The van der Waals surface area contributed by atoms with Crippen LogP contribution in [-0.2, 0) is 10.9 Å². The molecule has 2 rings (SSSR count). The molecule has 20 heavy (non-hydrogen) atoms. The molecule has 0 spiro atoms. The Morgan fingerprint density at radius 3 is 2.90 bits per heavy atom. The topological polar surface area (TPSA) is 76.3 Å². The van der Waals surface area contributed by atoms with Crippen LogP contribution in [0.4, 0.5) is 24.8 Å². The van der Waals surface area contributed by atoms with Crippen LogP contribution in [0.3, 0.4) is 0 Å². The Balaban J connectivity index is 2.00. The van der Waals surface area contributed by atoms with Crippen molar-refractivity contribution < 1.29 is 17.9 Å². The monoisotopic (exact) mass is 291 g/mol. The quantitative estimate of drug-likeness (QED) is 0.858. The number of hydrogen-bond donors (Lipinski definition) is 2. The third-order valence-corrected chi connectivity index (χ3v) is 2.85. The van der Waals surface area contributed by atoms with Gasteiger partial charge in [0.1, 0.15) is 11.6 Å². The molecule has 0 amide bonds. The van der Waals surface area contributed by atoms with Crippen LogP contribution in [-0.4, -0.2) is 54.3 Å². The van der Waals surface area contributed by atoms with E-state index in [-0.39, 0.29) is 17.7 Å². The van der Waals surface area contributed by atoms with E-state index in [1.54, 1.807) is 0 Å². The van der Waals surface area contributed by atoms with E-state index < -0.39 is 12.0 Å². The number of nitrogens with one attached hydrogen (secondary N) is 1. The lowest BCUT2D eigenvalue weighted by Gasteiger charge is -2.30.